The van der Waals surface area contributed by atoms with Gasteiger partial charge >= 0.3 is 0 Å². The normalized spacial score (nSPS) is 16.1. The Morgan fingerprint density at radius 1 is 1.43 bits per heavy atom. The zero-order chi connectivity index (χ0) is 15.5. The van der Waals surface area contributed by atoms with Gasteiger partial charge in [-0.05, 0) is 49.3 Å². The van der Waals surface area contributed by atoms with Gasteiger partial charge in [0.15, 0.2) is 0 Å². The van der Waals surface area contributed by atoms with Gasteiger partial charge in [-0.25, -0.2) is 13.1 Å². The molecule has 0 radical (unpaired) electrons. The Morgan fingerprint density at radius 2 is 2.14 bits per heavy atom. The second-order valence-electron chi connectivity index (χ2n) is 5.61. The number of rotatable bonds is 5. The Labute approximate surface area is 126 Å². The van der Waals surface area contributed by atoms with Crippen LogP contribution in [0.25, 0.3) is 0 Å². The van der Waals surface area contributed by atoms with Gasteiger partial charge in [-0.2, -0.15) is 0 Å². The Kier molecular flexibility index (Phi) is 5.04. The van der Waals surface area contributed by atoms with E-state index in [1.165, 1.54) is 12.8 Å². The van der Waals surface area contributed by atoms with Crippen molar-refractivity contribution < 1.29 is 13.5 Å². The van der Waals surface area contributed by atoms with Gasteiger partial charge in [0.05, 0.1) is 4.90 Å². The van der Waals surface area contributed by atoms with E-state index in [1.54, 1.807) is 25.1 Å². The lowest BCUT2D eigenvalue weighted by Crippen LogP contribution is -2.29. The first-order valence-corrected chi connectivity index (χ1v) is 8.62. The maximum Gasteiger partial charge on any atom is 0.240 e. The maximum atomic E-state index is 12.4. The van der Waals surface area contributed by atoms with E-state index in [2.05, 4.69) is 23.5 Å². The highest BCUT2D eigenvalue weighted by atomic mass is 32.2. The third kappa shape index (κ3) is 4.31. The summed E-state index contributed by atoms with van der Waals surface area (Å²) in [6.07, 6.45) is 2.41. The van der Waals surface area contributed by atoms with Gasteiger partial charge in [0.2, 0.25) is 10.0 Å². The molecule has 21 heavy (non-hydrogen) atoms. The van der Waals surface area contributed by atoms with Crippen LogP contribution in [0.3, 0.4) is 0 Å². The first kappa shape index (κ1) is 16.0. The Balaban J connectivity index is 2.17. The van der Waals surface area contributed by atoms with E-state index in [1.807, 2.05) is 0 Å². The van der Waals surface area contributed by atoms with Crippen LogP contribution in [0.1, 0.15) is 30.9 Å². The van der Waals surface area contributed by atoms with Gasteiger partial charge in [0.1, 0.15) is 6.61 Å². The first-order chi connectivity index (χ1) is 9.94. The standard InChI is InChI=1S/C16H21NO3S/c1-12-5-6-14(4-3-9-18)10-16(12)21(19,20)17-11-13(2)15-7-8-15/h5-6,10,13,15,17-18H,7-9,11H2,1-2H3. The van der Waals surface area contributed by atoms with Gasteiger partial charge in [0.25, 0.3) is 0 Å². The molecule has 1 atom stereocenters. The third-order valence-electron chi connectivity index (χ3n) is 3.81. The average Bonchev–Trinajstić information content (AvgIpc) is 3.28. The largest absolute Gasteiger partial charge is 0.384 e. The molecule has 1 unspecified atom stereocenters. The number of hydrogen-bond donors (Lipinski definition) is 2. The van der Waals surface area contributed by atoms with Crippen LogP contribution in [0.4, 0.5) is 0 Å². The monoisotopic (exact) mass is 307 g/mol. The highest BCUT2D eigenvalue weighted by molar-refractivity contribution is 7.89. The zero-order valence-corrected chi connectivity index (χ0v) is 13.2. The molecule has 1 aliphatic rings. The smallest absolute Gasteiger partial charge is 0.240 e. The van der Waals surface area contributed by atoms with Crippen molar-refractivity contribution in [3.05, 3.63) is 29.3 Å². The number of benzene rings is 1. The van der Waals surface area contributed by atoms with Crippen LogP contribution < -0.4 is 4.72 Å². The van der Waals surface area contributed by atoms with Crippen molar-refractivity contribution in [1.82, 2.24) is 4.72 Å². The number of aryl methyl sites for hydroxylation is 1. The summed E-state index contributed by atoms with van der Waals surface area (Å²) in [4.78, 5) is 0.259. The quantitative estimate of drug-likeness (QED) is 0.813. The molecule has 0 aromatic heterocycles. The zero-order valence-electron chi connectivity index (χ0n) is 12.4. The second kappa shape index (κ2) is 6.61. The molecule has 0 heterocycles. The Hall–Kier alpha value is -1.35. The van der Waals surface area contributed by atoms with Crippen LogP contribution in [-0.2, 0) is 10.0 Å². The van der Waals surface area contributed by atoms with Crippen molar-refractivity contribution >= 4 is 10.0 Å². The second-order valence-corrected chi connectivity index (χ2v) is 7.34. The summed E-state index contributed by atoms with van der Waals surface area (Å²) in [5.74, 6) is 6.30. The first-order valence-electron chi connectivity index (χ1n) is 7.14. The fourth-order valence-electron chi connectivity index (χ4n) is 2.26. The molecule has 1 saturated carbocycles. The van der Waals surface area contributed by atoms with Crippen molar-refractivity contribution in [3.63, 3.8) is 0 Å². The van der Waals surface area contributed by atoms with Gasteiger partial charge in [-0.15, -0.1) is 0 Å². The number of aliphatic hydroxyl groups excluding tert-OH is 1. The molecule has 1 aliphatic carbocycles. The SMILES string of the molecule is Cc1ccc(C#CCO)cc1S(=O)(=O)NCC(C)C1CC1. The molecular weight excluding hydrogens is 286 g/mol. The minimum Gasteiger partial charge on any atom is -0.384 e. The lowest BCUT2D eigenvalue weighted by Gasteiger charge is -2.13. The predicted molar refractivity (Wildman–Crippen MR) is 82.2 cm³/mol. The van der Waals surface area contributed by atoms with E-state index < -0.39 is 10.0 Å². The minimum atomic E-state index is -3.52. The topological polar surface area (TPSA) is 66.4 Å². The number of nitrogens with one attached hydrogen (secondary N) is 1. The molecule has 114 valence electrons. The molecular formula is C16H21NO3S. The molecule has 5 heteroatoms. The molecule has 0 saturated heterocycles. The number of hydrogen-bond acceptors (Lipinski definition) is 3. The molecule has 0 bridgehead atoms. The molecule has 0 aliphatic heterocycles. The maximum absolute atomic E-state index is 12.4. The number of aliphatic hydroxyl groups is 1. The number of sulfonamides is 1. The molecule has 1 fully saturated rings. The summed E-state index contributed by atoms with van der Waals surface area (Å²) in [5, 5.41) is 8.71. The molecule has 2 rings (SSSR count). The molecule has 0 amide bonds. The van der Waals surface area contributed by atoms with E-state index in [0.29, 0.717) is 29.5 Å². The van der Waals surface area contributed by atoms with Crippen LogP contribution >= 0.6 is 0 Å². The Morgan fingerprint density at radius 3 is 2.76 bits per heavy atom. The molecule has 4 nitrogen and oxygen atoms in total. The van der Waals surface area contributed by atoms with Crippen LogP contribution in [0.15, 0.2) is 23.1 Å². The van der Waals surface area contributed by atoms with E-state index >= 15 is 0 Å². The van der Waals surface area contributed by atoms with Gasteiger partial charge < -0.3 is 5.11 Å². The summed E-state index contributed by atoms with van der Waals surface area (Å²) in [5.41, 5.74) is 1.28. The third-order valence-corrected chi connectivity index (χ3v) is 5.38. The summed E-state index contributed by atoms with van der Waals surface area (Å²) in [7, 11) is -3.52. The molecule has 0 spiro atoms. The van der Waals surface area contributed by atoms with Crippen LogP contribution in [-0.4, -0.2) is 26.7 Å². The summed E-state index contributed by atoms with van der Waals surface area (Å²) in [6.45, 7) is 4.07. The van der Waals surface area contributed by atoms with E-state index in [-0.39, 0.29) is 11.5 Å². The average molecular weight is 307 g/mol. The highest BCUT2D eigenvalue weighted by Gasteiger charge is 2.29. The molecule has 1 aromatic carbocycles. The van der Waals surface area contributed by atoms with E-state index in [9.17, 15) is 8.42 Å². The van der Waals surface area contributed by atoms with E-state index in [4.69, 9.17) is 5.11 Å². The lowest BCUT2D eigenvalue weighted by atomic mass is 10.1. The molecule has 1 aromatic rings. The summed E-state index contributed by atoms with van der Waals surface area (Å²) >= 11 is 0. The van der Waals surface area contributed by atoms with Crippen molar-refractivity contribution in [1.29, 1.82) is 0 Å². The van der Waals surface area contributed by atoms with Gasteiger partial charge in [-0.3, -0.25) is 0 Å². The Bertz CT molecular complexity index is 666. The molecule has 2 N–H and O–H groups in total. The summed E-state index contributed by atoms with van der Waals surface area (Å²) < 4.78 is 27.5. The fraction of sp³-hybridized carbons (Fsp3) is 0.500. The van der Waals surface area contributed by atoms with Crippen molar-refractivity contribution in [2.24, 2.45) is 11.8 Å². The van der Waals surface area contributed by atoms with Gasteiger partial charge in [-0.1, -0.05) is 24.8 Å². The van der Waals surface area contributed by atoms with Crippen LogP contribution in [0.2, 0.25) is 0 Å². The van der Waals surface area contributed by atoms with E-state index in [0.717, 1.165) is 0 Å². The lowest BCUT2D eigenvalue weighted by molar-refractivity contribution is 0.350. The summed E-state index contributed by atoms with van der Waals surface area (Å²) in [6, 6.07) is 5.05. The predicted octanol–water partition coefficient (Wildman–Crippen LogP) is 1.66. The van der Waals surface area contributed by atoms with Crippen LogP contribution in [0.5, 0.6) is 0 Å². The van der Waals surface area contributed by atoms with Crippen molar-refractivity contribution in [3.8, 4) is 11.8 Å². The van der Waals surface area contributed by atoms with Crippen LogP contribution in [0, 0.1) is 30.6 Å². The highest BCUT2D eigenvalue weighted by Crippen LogP contribution is 2.36. The minimum absolute atomic E-state index is 0.243. The fourth-order valence-corrected chi connectivity index (χ4v) is 3.67. The van der Waals surface area contributed by atoms with Gasteiger partial charge in [0, 0.05) is 12.1 Å². The van der Waals surface area contributed by atoms with Crippen molar-refractivity contribution in [2.75, 3.05) is 13.2 Å². The van der Waals surface area contributed by atoms with Crippen molar-refractivity contribution in [2.45, 2.75) is 31.6 Å².